The van der Waals surface area contributed by atoms with Gasteiger partial charge in [-0.15, -0.1) is 0 Å². The van der Waals surface area contributed by atoms with Gasteiger partial charge in [-0.2, -0.15) is 4.31 Å². The van der Waals surface area contributed by atoms with Crippen molar-refractivity contribution in [1.82, 2.24) is 15.2 Å². The Balaban J connectivity index is 1.15. The Morgan fingerprint density at radius 1 is 0.762 bits per heavy atom. The van der Waals surface area contributed by atoms with E-state index >= 15 is 0 Å². The molecule has 1 aliphatic heterocycles. The molecule has 0 saturated carbocycles. The molecule has 42 heavy (non-hydrogen) atoms. The Hall–Kier alpha value is -4.67. The number of nitrogens with zero attached hydrogens (tertiary/aromatic N) is 1. The SMILES string of the molecule is CCOc1ccc(OCc2ccc(C(=O)NNC(=O)c3cccc(S(=O)(=O)N4CCc5ccccc5C4)c3)cc2)cc1. The van der Waals surface area contributed by atoms with Gasteiger partial charge >= 0.3 is 0 Å². The second-order valence-electron chi connectivity index (χ2n) is 9.68. The number of fused-ring (bicyclic) bond motifs is 1. The third kappa shape index (κ3) is 6.79. The molecule has 0 atom stereocenters. The number of amides is 2. The monoisotopic (exact) mass is 585 g/mol. The van der Waals surface area contributed by atoms with Crippen molar-refractivity contribution in [2.45, 2.75) is 31.4 Å². The maximum Gasteiger partial charge on any atom is 0.269 e. The Bertz CT molecular complexity index is 1670. The van der Waals surface area contributed by atoms with Crippen LogP contribution in [0.3, 0.4) is 0 Å². The topological polar surface area (TPSA) is 114 Å². The fourth-order valence-corrected chi connectivity index (χ4v) is 6.06. The maximum atomic E-state index is 13.3. The number of sulfonamides is 1. The number of hydrogen-bond donors (Lipinski definition) is 2. The van der Waals surface area contributed by atoms with Crippen molar-refractivity contribution >= 4 is 21.8 Å². The Labute approximate surface area is 245 Å². The second-order valence-corrected chi connectivity index (χ2v) is 11.6. The summed E-state index contributed by atoms with van der Waals surface area (Å²) in [6.07, 6.45) is 0.623. The molecule has 1 aliphatic rings. The summed E-state index contributed by atoms with van der Waals surface area (Å²) in [6.45, 7) is 3.47. The zero-order valence-electron chi connectivity index (χ0n) is 23.1. The molecule has 216 valence electrons. The normalized spacial score (nSPS) is 13.1. The van der Waals surface area contributed by atoms with Gasteiger partial charge in [0.05, 0.1) is 11.5 Å². The lowest BCUT2D eigenvalue weighted by molar-refractivity contribution is 0.0846. The summed E-state index contributed by atoms with van der Waals surface area (Å²) in [5.74, 6) is 0.318. The number of nitrogens with one attached hydrogen (secondary N) is 2. The minimum absolute atomic E-state index is 0.0175. The van der Waals surface area contributed by atoms with Crippen molar-refractivity contribution in [2.24, 2.45) is 0 Å². The zero-order chi connectivity index (χ0) is 29.5. The number of rotatable bonds is 9. The third-order valence-electron chi connectivity index (χ3n) is 6.88. The fourth-order valence-electron chi connectivity index (χ4n) is 4.60. The largest absolute Gasteiger partial charge is 0.494 e. The predicted octanol–water partition coefficient (Wildman–Crippen LogP) is 4.49. The summed E-state index contributed by atoms with van der Waals surface area (Å²) in [5.41, 5.74) is 8.15. The predicted molar refractivity (Wildman–Crippen MR) is 158 cm³/mol. The molecule has 0 saturated heterocycles. The van der Waals surface area contributed by atoms with Gasteiger partial charge < -0.3 is 9.47 Å². The van der Waals surface area contributed by atoms with E-state index in [4.69, 9.17) is 9.47 Å². The Morgan fingerprint density at radius 3 is 2.10 bits per heavy atom. The van der Waals surface area contributed by atoms with E-state index in [0.29, 0.717) is 37.5 Å². The molecule has 9 nitrogen and oxygen atoms in total. The van der Waals surface area contributed by atoms with Crippen molar-refractivity contribution in [3.63, 3.8) is 0 Å². The number of ether oxygens (including phenoxy) is 2. The molecule has 4 aromatic carbocycles. The third-order valence-corrected chi connectivity index (χ3v) is 8.72. The van der Waals surface area contributed by atoms with Crippen LogP contribution >= 0.6 is 0 Å². The van der Waals surface area contributed by atoms with Gasteiger partial charge in [-0.3, -0.25) is 20.4 Å². The highest BCUT2D eigenvalue weighted by Crippen LogP contribution is 2.25. The van der Waals surface area contributed by atoms with Crippen LogP contribution in [-0.4, -0.2) is 37.7 Å². The Kier molecular flexibility index (Phi) is 8.85. The average molecular weight is 586 g/mol. The first-order valence-electron chi connectivity index (χ1n) is 13.6. The highest BCUT2D eigenvalue weighted by atomic mass is 32.2. The molecule has 4 aromatic rings. The summed E-state index contributed by atoms with van der Waals surface area (Å²) >= 11 is 0. The van der Waals surface area contributed by atoms with Crippen LogP contribution in [0.25, 0.3) is 0 Å². The van der Waals surface area contributed by atoms with Gasteiger partial charge in [-0.05, 0) is 84.6 Å². The van der Waals surface area contributed by atoms with E-state index in [0.717, 1.165) is 22.4 Å². The van der Waals surface area contributed by atoms with Crippen LogP contribution in [0, 0.1) is 0 Å². The lowest BCUT2D eigenvalue weighted by atomic mass is 10.0. The van der Waals surface area contributed by atoms with E-state index in [1.807, 2.05) is 55.5 Å². The van der Waals surface area contributed by atoms with Crippen LogP contribution in [0.4, 0.5) is 0 Å². The van der Waals surface area contributed by atoms with Crippen molar-refractivity contribution < 1.29 is 27.5 Å². The quantitative estimate of drug-likeness (QED) is 0.280. The standard InChI is InChI=1S/C32H31N3O6S/c1-2-40-28-14-16-29(17-15-28)41-22-23-10-12-25(13-11-23)31(36)33-34-32(37)26-8-5-9-30(20-26)42(38,39)35-19-18-24-6-3-4-7-27(24)21-35/h3-17,20H,2,18-19,21-22H2,1H3,(H,33,36)(H,34,37). The number of carbonyl (C=O) groups is 2. The summed E-state index contributed by atoms with van der Waals surface area (Å²) in [4.78, 5) is 25.4. The van der Waals surface area contributed by atoms with E-state index in [-0.39, 0.29) is 17.0 Å². The van der Waals surface area contributed by atoms with Crippen LogP contribution in [-0.2, 0) is 29.6 Å². The first-order chi connectivity index (χ1) is 20.3. The van der Waals surface area contributed by atoms with Crippen molar-refractivity contribution in [3.8, 4) is 11.5 Å². The Morgan fingerprint density at radius 2 is 1.40 bits per heavy atom. The summed E-state index contributed by atoms with van der Waals surface area (Å²) in [7, 11) is -3.82. The number of benzene rings is 4. The first kappa shape index (κ1) is 28.8. The van der Waals surface area contributed by atoms with Crippen LogP contribution < -0.4 is 20.3 Å². The molecule has 0 radical (unpaired) electrons. The lowest BCUT2D eigenvalue weighted by Gasteiger charge is -2.28. The maximum absolute atomic E-state index is 13.3. The summed E-state index contributed by atoms with van der Waals surface area (Å²) in [6, 6.07) is 27.7. The van der Waals surface area contributed by atoms with E-state index in [9.17, 15) is 18.0 Å². The van der Waals surface area contributed by atoms with Crippen molar-refractivity contribution in [3.05, 3.63) is 125 Å². The van der Waals surface area contributed by atoms with Gasteiger partial charge in [-0.25, -0.2) is 8.42 Å². The molecule has 5 rings (SSSR count). The van der Waals surface area contributed by atoms with Gasteiger partial charge in [0.15, 0.2) is 0 Å². The van der Waals surface area contributed by atoms with E-state index < -0.39 is 21.8 Å². The van der Waals surface area contributed by atoms with Gasteiger partial charge in [0.25, 0.3) is 11.8 Å². The van der Waals surface area contributed by atoms with E-state index in [1.165, 1.54) is 28.6 Å². The van der Waals surface area contributed by atoms with Crippen LogP contribution in [0.2, 0.25) is 0 Å². The van der Waals surface area contributed by atoms with Crippen molar-refractivity contribution in [2.75, 3.05) is 13.2 Å². The average Bonchev–Trinajstić information content (AvgIpc) is 3.03. The molecule has 0 fully saturated rings. The zero-order valence-corrected chi connectivity index (χ0v) is 23.9. The molecule has 0 unspecified atom stereocenters. The first-order valence-corrected chi connectivity index (χ1v) is 15.0. The molecule has 0 aromatic heterocycles. The molecule has 0 spiro atoms. The molecule has 10 heteroatoms. The number of carbonyl (C=O) groups excluding carboxylic acids is 2. The highest BCUT2D eigenvalue weighted by Gasteiger charge is 2.28. The summed E-state index contributed by atoms with van der Waals surface area (Å²) in [5, 5.41) is 0. The second kappa shape index (κ2) is 12.9. The van der Waals surface area contributed by atoms with Gasteiger partial charge in [0.1, 0.15) is 18.1 Å². The molecule has 2 amide bonds. The fraction of sp³-hybridized carbons (Fsp3) is 0.188. The lowest BCUT2D eigenvalue weighted by Crippen LogP contribution is -2.41. The van der Waals surface area contributed by atoms with E-state index in [1.54, 1.807) is 24.3 Å². The van der Waals surface area contributed by atoms with Gasteiger partial charge in [0, 0.05) is 24.2 Å². The molecule has 0 aliphatic carbocycles. The number of hydrazine groups is 1. The molecular weight excluding hydrogens is 554 g/mol. The van der Waals surface area contributed by atoms with Crippen LogP contribution in [0.5, 0.6) is 11.5 Å². The van der Waals surface area contributed by atoms with Crippen LogP contribution in [0.15, 0.2) is 102 Å². The van der Waals surface area contributed by atoms with Crippen LogP contribution in [0.1, 0.15) is 44.3 Å². The molecular formula is C32H31N3O6S. The van der Waals surface area contributed by atoms with Gasteiger partial charge in [0.2, 0.25) is 10.0 Å². The number of hydrogen-bond acceptors (Lipinski definition) is 6. The van der Waals surface area contributed by atoms with E-state index in [2.05, 4.69) is 10.9 Å². The summed E-state index contributed by atoms with van der Waals surface area (Å²) < 4.78 is 39.3. The smallest absolute Gasteiger partial charge is 0.269 e. The minimum atomic E-state index is -3.82. The van der Waals surface area contributed by atoms with Gasteiger partial charge in [-0.1, -0.05) is 42.5 Å². The highest BCUT2D eigenvalue weighted by molar-refractivity contribution is 7.89. The van der Waals surface area contributed by atoms with Crippen molar-refractivity contribution in [1.29, 1.82) is 0 Å². The minimum Gasteiger partial charge on any atom is -0.494 e. The molecule has 2 N–H and O–H groups in total. The molecule has 1 heterocycles. The molecule has 0 bridgehead atoms.